The van der Waals surface area contributed by atoms with E-state index in [2.05, 4.69) is 10.1 Å². The summed E-state index contributed by atoms with van der Waals surface area (Å²) in [6, 6.07) is -1.42. The van der Waals surface area contributed by atoms with Crippen molar-refractivity contribution in [1.29, 1.82) is 0 Å². The minimum Gasteiger partial charge on any atom is -0.481 e. The molecule has 1 amide bonds. The maximum atomic E-state index is 11.4. The zero-order valence-electron chi connectivity index (χ0n) is 9.93. The van der Waals surface area contributed by atoms with Crippen LogP contribution in [0.25, 0.3) is 0 Å². The van der Waals surface area contributed by atoms with Crippen molar-refractivity contribution in [2.24, 2.45) is 11.7 Å². The number of hydrogen-bond donors (Lipinski definition) is 3. The number of nitrogens with one attached hydrogen (secondary N) is 1. The molecule has 0 aromatic heterocycles. The minimum atomic E-state index is -1.42. The lowest BCUT2D eigenvalue weighted by molar-refractivity contribution is -0.148. The SMILES string of the molecule is CCOC(=O)C(N)C(=O)NCC(CC)C(=O)O. The number of esters is 1. The molecule has 7 nitrogen and oxygen atoms in total. The lowest BCUT2D eigenvalue weighted by atomic mass is 10.1. The summed E-state index contributed by atoms with van der Waals surface area (Å²) in [6.07, 6.45) is 0.379. The van der Waals surface area contributed by atoms with Crippen LogP contribution in [0.2, 0.25) is 0 Å². The number of carbonyl (C=O) groups excluding carboxylic acids is 2. The highest BCUT2D eigenvalue weighted by Gasteiger charge is 2.24. The molecule has 7 heteroatoms. The minimum absolute atomic E-state index is 0.0578. The van der Waals surface area contributed by atoms with Crippen LogP contribution in [0.5, 0.6) is 0 Å². The summed E-state index contributed by atoms with van der Waals surface area (Å²) in [5.74, 6) is -3.25. The number of nitrogens with two attached hydrogens (primary N) is 1. The third kappa shape index (κ3) is 5.30. The average molecular weight is 246 g/mol. The van der Waals surface area contributed by atoms with E-state index in [4.69, 9.17) is 10.8 Å². The van der Waals surface area contributed by atoms with Gasteiger partial charge in [0.05, 0.1) is 12.5 Å². The van der Waals surface area contributed by atoms with Gasteiger partial charge in [0.15, 0.2) is 6.04 Å². The van der Waals surface area contributed by atoms with E-state index in [1.54, 1.807) is 13.8 Å². The highest BCUT2D eigenvalue weighted by Crippen LogP contribution is 2.00. The predicted octanol–water partition coefficient (Wildman–Crippen LogP) is -0.896. The van der Waals surface area contributed by atoms with Crippen molar-refractivity contribution in [1.82, 2.24) is 5.32 Å². The Hall–Kier alpha value is -1.63. The van der Waals surface area contributed by atoms with Gasteiger partial charge < -0.3 is 20.9 Å². The highest BCUT2D eigenvalue weighted by atomic mass is 16.5. The second kappa shape index (κ2) is 7.61. The van der Waals surface area contributed by atoms with E-state index < -0.39 is 29.8 Å². The molecule has 0 aliphatic carbocycles. The number of rotatable bonds is 7. The molecule has 0 aromatic rings. The van der Waals surface area contributed by atoms with E-state index in [0.717, 1.165) is 0 Å². The standard InChI is InChI=1S/C10H18N2O5/c1-3-6(9(14)15)5-12-8(13)7(11)10(16)17-4-2/h6-7H,3-5,11H2,1-2H3,(H,12,13)(H,14,15). The molecule has 0 rings (SSSR count). The smallest absolute Gasteiger partial charge is 0.332 e. The van der Waals surface area contributed by atoms with Gasteiger partial charge in [-0.3, -0.25) is 9.59 Å². The first kappa shape index (κ1) is 15.4. The Morgan fingerprint density at radius 1 is 1.35 bits per heavy atom. The van der Waals surface area contributed by atoms with Gasteiger partial charge in [0, 0.05) is 6.54 Å². The van der Waals surface area contributed by atoms with Crippen LogP contribution in [-0.2, 0) is 19.1 Å². The average Bonchev–Trinajstić information content (AvgIpc) is 2.28. The number of amides is 1. The van der Waals surface area contributed by atoms with Crippen molar-refractivity contribution in [3.05, 3.63) is 0 Å². The van der Waals surface area contributed by atoms with Crippen LogP contribution in [-0.4, -0.2) is 42.1 Å². The lowest BCUT2D eigenvalue weighted by Gasteiger charge is -2.14. The summed E-state index contributed by atoms with van der Waals surface area (Å²) < 4.78 is 4.56. The zero-order chi connectivity index (χ0) is 13.4. The summed E-state index contributed by atoms with van der Waals surface area (Å²) in [6.45, 7) is 3.36. The van der Waals surface area contributed by atoms with Gasteiger partial charge in [-0.25, -0.2) is 4.79 Å². The van der Waals surface area contributed by atoms with E-state index in [0.29, 0.717) is 6.42 Å². The van der Waals surface area contributed by atoms with Crippen molar-refractivity contribution in [2.45, 2.75) is 26.3 Å². The van der Waals surface area contributed by atoms with Crippen molar-refractivity contribution in [3.63, 3.8) is 0 Å². The normalized spacial score (nSPS) is 13.6. The lowest BCUT2D eigenvalue weighted by Crippen LogP contribution is -2.48. The molecule has 0 heterocycles. The molecule has 0 fully saturated rings. The maximum absolute atomic E-state index is 11.4. The van der Waals surface area contributed by atoms with E-state index >= 15 is 0 Å². The molecule has 0 aliphatic heterocycles. The van der Waals surface area contributed by atoms with Crippen LogP contribution >= 0.6 is 0 Å². The van der Waals surface area contributed by atoms with E-state index in [1.165, 1.54) is 0 Å². The monoisotopic (exact) mass is 246 g/mol. The summed E-state index contributed by atoms with van der Waals surface area (Å²) in [4.78, 5) is 33.2. The van der Waals surface area contributed by atoms with Crippen LogP contribution < -0.4 is 11.1 Å². The number of carboxylic acids is 1. The molecule has 0 radical (unpaired) electrons. The van der Waals surface area contributed by atoms with Gasteiger partial charge in [0.25, 0.3) is 0 Å². The molecule has 17 heavy (non-hydrogen) atoms. The number of ether oxygens (including phenoxy) is 1. The third-order valence-electron chi connectivity index (χ3n) is 2.19. The fraction of sp³-hybridized carbons (Fsp3) is 0.700. The second-order valence-electron chi connectivity index (χ2n) is 3.42. The molecular weight excluding hydrogens is 228 g/mol. The van der Waals surface area contributed by atoms with Gasteiger partial charge in [-0.15, -0.1) is 0 Å². The van der Waals surface area contributed by atoms with Crippen LogP contribution in [0, 0.1) is 5.92 Å². The van der Waals surface area contributed by atoms with Gasteiger partial charge in [-0.05, 0) is 13.3 Å². The van der Waals surface area contributed by atoms with E-state index in [9.17, 15) is 14.4 Å². The van der Waals surface area contributed by atoms with Gasteiger partial charge >= 0.3 is 11.9 Å². The Labute approximate surface area is 99.3 Å². The van der Waals surface area contributed by atoms with Crippen LogP contribution in [0.1, 0.15) is 20.3 Å². The summed E-state index contributed by atoms with van der Waals surface area (Å²) in [7, 11) is 0. The number of carbonyl (C=O) groups is 3. The zero-order valence-corrected chi connectivity index (χ0v) is 9.93. The Balaban J connectivity index is 4.17. The molecule has 0 aliphatic rings. The Morgan fingerprint density at radius 3 is 2.35 bits per heavy atom. The summed E-state index contributed by atoms with van der Waals surface area (Å²) in [5, 5.41) is 11.1. The van der Waals surface area contributed by atoms with Crippen LogP contribution in [0.15, 0.2) is 0 Å². The molecule has 0 bridgehead atoms. The second-order valence-corrected chi connectivity index (χ2v) is 3.42. The predicted molar refractivity (Wildman–Crippen MR) is 59.0 cm³/mol. The molecule has 0 spiro atoms. The van der Waals surface area contributed by atoms with Crippen molar-refractivity contribution < 1.29 is 24.2 Å². The van der Waals surface area contributed by atoms with Gasteiger partial charge in [0.1, 0.15) is 0 Å². The molecule has 0 aromatic carbocycles. The largest absolute Gasteiger partial charge is 0.481 e. The van der Waals surface area contributed by atoms with E-state index in [-0.39, 0.29) is 13.2 Å². The molecule has 0 saturated carbocycles. The molecule has 2 unspecified atom stereocenters. The first-order valence-electron chi connectivity index (χ1n) is 5.36. The topological polar surface area (TPSA) is 119 Å². The Kier molecular flexibility index (Phi) is 6.88. The van der Waals surface area contributed by atoms with Gasteiger partial charge in [0.2, 0.25) is 5.91 Å². The molecule has 4 N–H and O–H groups in total. The highest BCUT2D eigenvalue weighted by molar-refractivity contribution is 6.01. The Morgan fingerprint density at radius 2 is 1.94 bits per heavy atom. The van der Waals surface area contributed by atoms with E-state index in [1.807, 2.05) is 0 Å². The summed E-state index contributed by atoms with van der Waals surface area (Å²) in [5.41, 5.74) is 5.32. The maximum Gasteiger partial charge on any atom is 0.332 e. The third-order valence-corrected chi connectivity index (χ3v) is 2.19. The number of hydrogen-bond acceptors (Lipinski definition) is 5. The number of aliphatic carboxylic acids is 1. The van der Waals surface area contributed by atoms with Crippen LogP contribution in [0.4, 0.5) is 0 Å². The van der Waals surface area contributed by atoms with Gasteiger partial charge in [-0.2, -0.15) is 0 Å². The summed E-state index contributed by atoms with van der Waals surface area (Å²) >= 11 is 0. The van der Waals surface area contributed by atoms with Crippen LogP contribution in [0.3, 0.4) is 0 Å². The fourth-order valence-electron chi connectivity index (χ4n) is 1.08. The van der Waals surface area contributed by atoms with Crippen molar-refractivity contribution in [3.8, 4) is 0 Å². The van der Waals surface area contributed by atoms with Gasteiger partial charge in [-0.1, -0.05) is 6.92 Å². The molecule has 2 atom stereocenters. The first-order chi connectivity index (χ1) is 7.93. The quantitative estimate of drug-likeness (QED) is 0.396. The molecular formula is C10H18N2O5. The Bertz CT molecular complexity index is 292. The first-order valence-corrected chi connectivity index (χ1v) is 5.36. The fourth-order valence-corrected chi connectivity index (χ4v) is 1.08. The van der Waals surface area contributed by atoms with Crippen molar-refractivity contribution >= 4 is 17.8 Å². The number of carboxylic acid groups (broad SMARTS) is 1. The molecule has 98 valence electrons. The van der Waals surface area contributed by atoms with Crippen molar-refractivity contribution in [2.75, 3.05) is 13.2 Å². The molecule has 0 saturated heterocycles.